The molecular weight excluding hydrogens is 232 g/mol. The average Bonchev–Trinajstić information content (AvgIpc) is 2.78. The molecule has 96 valence electrons. The van der Waals surface area contributed by atoms with Gasteiger partial charge in [-0.1, -0.05) is 6.92 Å². The van der Waals surface area contributed by atoms with Gasteiger partial charge in [-0.2, -0.15) is 5.10 Å². The van der Waals surface area contributed by atoms with Crippen molar-refractivity contribution in [2.45, 2.75) is 26.5 Å². The predicted octanol–water partition coefficient (Wildman–Crippen LogP) is 1.19. The van der Waals surface area contributed by atoms with Crippen molar-refractivity contribution in [3.63, 3.8) is 0 Å². The molecule has 0 radical (unpaired) electrons. The zero-order valence-electron chi connectivity index (χ0n) is 10.5. The number of nitrogens with one attached hydrogen (secondary N) is 1. The number of methoxy groups -OCH3 is 1. The van der Waals surface area contributed by atoms with Crippen LogP contribution in [0.2, 0.25) is 0 Å². The van der Waals surface area contributed by atoms with Gasteiger partial charge in [-0.05, 0) is 6.42 Å². The first-order chi connectivity index (χ1) is 8.72. The summed E-state index contributed by atoms with van der Waals surface area (Å²) in [5.74, 6) is 0.517. The lowest BCUT2D eigenvalue weighted by Gasteiger charge is -2.01. The van der Waals surface area contributed by atoms with E-state index in [-0.39, 0.29) is 12.2 Å². The van der Waals surface area contributed by atoms with Gasteiger partial charge >= 0.3 is 0 Å². The highest BCUT2D eigenvalue weighted by atomic mass is 16.5. The summed E-state index contributed by atoms with van der Waals surface area (Å²) in [6.07, 6.45) is 4.62. The minimum Gasteiger partial charge on any atom is -0.377 e. The van der Waals surface area contributed by atoms with E-state index in [1.807, 2.05) is 10.9 Å². The summed E-state index contributed by atoms with van der Waals surface area (Å²) in [6, 6.07) is 1.46. The molecule has 0 bridgehead atoms. The van der Waals surface area contributed by atoms with Crippen LogP contribution in [0.1, 0.15) is 19.2 Å². The number of nitrogens with zero attached hydrogens (tertiary/aromatic N) is 3. The molecule has 0 amide bonds. The normalized spacial score (nSPS) is 10.8. The smallest absolute Gasteiger partial charge is 0.251 e. The van der Waals surface area contributed by atoms with Crippen molar-refractivity contribution in [2.75, 3.05) is 7.11 Å². The van der Waals surface area contributed by atoms with Crippen LogP contribution in [-0.4, -0.2) is 26.9 Å². The first-order valence-corrected chi connectivity index (χ1v) is 5.85. The Balaban J connectivity index is 2.33. The molecule has 2 aromatic rings. The molecule has 0 aliphatic heterocycles. The van der Waals surface area contributed by atoms with E-state index >= 15 is 0 Å². The number of hydrogen-bond acceptors (Lipinski definition) is 4. The van der Waals surface area contributed by atoms with Crippen molar-refractivity contribution >= 4 is 0 Å². The molecule has 6 heteroatoms. The number of ether oxygens (including phenoxy) is 1. The molecule has 0 aromatic carbocycles. The zero-order valence-corrected chi connectivity index (χ0v) is 10.5. The minimum atomic E-state index is -0.185. The van der Waals surface area contributed by atoms with Gasteiger partial charge in [0.25, 0.3) is 5.56 Å². The van der Waals surface area contributed by atoms with Crippen LogP contribution < -0.4 is 5.56 Å². The van der Waals surface area contributed by atoms with Crippen molar-refractivity contribution in [2.24, 2.45) is 0 Å². The van der Waals surface area contributed by atoms with Crippen molar-refractivity contribution < 1.29 is 4.74 Å². The SMILES string of the molecule is CCCn1cc(-c2cc(=O)[nH]c(COC)n2)cn1. The number of aryl methyl sites for hydroxylation is 1. The maximum Gasteiger partial charge on any atom is 0.251 e. The van der Waals surface area contributed by atoms with Gasteiger partial charge in [-0.15, -0.1) is 0 Å². The van der Waals surface area contributed by atoms with Crippen LogP contribution in [0.15, 0.2) is 23.3 Å². The zero-order chi connectivity index (χ0) is 13.0. The van der Waals surface area contributed by atoms with Crippen LogP contribution in [0, 0.1) is 0 Å². The van der Waals surface area contributed by atoms with E-state index in [2.05, 4.69) is 22.0 Å². The molecular formula is C12H16N4O2. The van der Waals surface area contributed by atoms with E-state index in [0.29, 0.717) is 11.5 Å². The molecule has 2 aromatic heterocycles. The summed E-state index contributed by atoms with van der Waals surface area (Å²) in [7, 11) is 1.56. The maximum atomic E-state index is 11.5. The van der Waals surface area contributed by atoms with Crippen LogP contribution in [0.3, 0.4) is 0 Å². The summed E-state index contributed by atoms with van der Waals surface area (Å²) < 4.78 is 6.81. The summed E-state index contributed by atoms with van der Waals surface area (Å²) >= 11 is 0. The number of hydrogen-bond donors (Lipinski definition) is 1. The van der Waals surface area contributed by atoms with Gasteiger partial charge < -0.3 is 9.72 Å². The van der Waals surface area contributed by atoms with E-state index in [0.717, 1.165) is 18.5 Å². The lowest BCUT2D eigenvalue weighted by Crippen LogP contribution is -2.11. The standard InChI is InChI=1S/C12H16N4O2/c1-3-4-16-7-9(6-13-16)10-5-12(17)15-11(14-10)8-18-2/h5-7H,3-4,8H2,1-2H3,(H,14,15,17). The van der Waals surface area contributed by atoms with Crippen molar-refractivity contribution in [1.82, 2.24) is 19.7 Å². The van der Waals surface area contributed by atoms with Gasteiger partial charge in [-0.25, -0.2) is 4.98 Å². The highest BCUT2D eigenvalue weighted by Gasteiger charge is 2.06. The summed E-state index contributed by atoms with van der Waals surface area (Å²) in [5, 5.41) is 4.22. The van der Waals surface area contributed by atoms with E-state index in [1.54, 1.807) is 13.3 Å². The quantitative estimate of drug-likeness (QED) is 0.862. The highest BCUT2D eigenvalue weighted by Crippen LogP contribution is 2.14. The Hall–Kier alpha value is -1.95. The Labute approximate surface area is 105 Å². The maximum absolute atomic E-state index is 11.5. The number of rotatable bonds is 5. The van der Waals surface area contributed by atoms with Gasteiger partial charge in [0.1, 0.15) is 12.4 Å². The number of aromatic nitrogens is 4. The Morgan fingerprint density at radius 3 is 3.06 bits per heavy atom. The Morgan fingerprint density at radius 1 is 1.50 bits per heavy atom. The Bertz CT molecular complexity index is 573. The fourth-order valence-corrected chi connectivity index (χ4v) is 1.71. The van der Waals surface area contributed by atoms with Gasteiger partial charge in [0.05, 0.1) is 11.9 Å². The molecule has 1 N–H and O–H groups in total. The fourth-order valence-electron chi connectivity index (χ4n) is 1.71. The summed E-state index contributed by atoms with van der Waals surface area (Å²) in [5.41, 5.74) is 1.27. The molecule has 0 fully saturated rings. The Morgan fingerprint density at radius 2 is 2.33 bits per heavy atom. The van der Waals surface area contributed by atoms with Crippen molar-refractivity contribution in [1.29, 1.82) is 0 Å². The molecule has 0 atom stereocenters. The first kappa shape index (κ1) is 12.5. The predicted molar refractivity (Wildman–Crippen MR) is 67.1 cm³/mol. The van der Waals surface area contributed by atoms with Crippen LogP contribution in [-0.2, 0) is 17.9 Å². The molecule has 0 aliphatic carbocycles. The van der Waals surface area contributed by atoms with Gasteiger partial charge in [0, 0.05) is 31.5 Å². The molecule has 0 aliphatic rings. The van der Waals surface area contributed by atoms with E-state index in [9.17, 15) is 4.79 Å². The third-order valence-electron chi connectivity index (χ3n) is 2.45. The van der Waals surface area contributed by atoms with Crippen LogP contribution in [0.25, 0.3) is 11.3 Å². The van der Waals surface area contributed by atoms with E-state index in [1.165, 1.54) is 6.07 Å². The molecule has 0 saturated carbocycles. The third kappa shape index (κ3) is 2.84. The highest BCUT2D eigenvalue weighted by molar-refractivity contribution is 5.56. The van der Waals surface area contributed by atoms with Crippen molar-refractivity contribution in [3.05, 3.63) is 34.6 Å². The van der Waals surface area contributed by atoms with Gasteiger partial charge in [-0.3, -0.25) is 9.48 Å². The summed E-state index contributed by atoms with van der Waals surface area (Å²) in [6.45, 7) is 3.23. The van der Waals surface area contributed by atoms with Crippen LogP contribution in [0.4, 0.5) is 0 Å². The second-order valence-corrected chi connectivity index (χ2v) is 4.00. The Kier molecular flexibility index (Phi) is 3.88. The van der Waals surface area contributed by atoms with Crippen LogP contribution in [0.5, 0.6) is 0 Å². The first-order valence-electron chi connectivity index (χ1n) is 5.85. The lowest BCUT2D eigenvalue weighted by atomic mass is 10.2. The van der Waals surface area contributed by atoms with E-state index in [4.69, 9.17) is 4.74 Å². The van der Waals surface area contributed by atoms with E-state index < -0.39 is 0 Å². The van der Waals surface area contributed by atoms with Gasteiger partial charge in [0.2, 0.25) is 0 Å². The second-order valence-electron chi connectivity index (χ2n) is 4.00. The molecule has 2 rings (SSSR count). The molecule has 0 spiro atoms. The molecule has 0 unspecified atom stereocenters. The number of H-pyrrole nitrogens is 1. The van der Waals surface area contributed by atoms with Crippen molar-refractivity contribution in [3.8, 4) is 11.3 Å². The fraction of sp³-hybridized carbons (Fsp3) is 0.417. The monoisotopic (exact) mass is 248 g/mol. The lowest BCUT2D eigenvalue weighted by molar-refractivity contribution is 0.177. The number of aromatic amines is 1. The second kappa shape index (κ2) is 5.59. The summed E-state index contributed by atoms with van der Waals surface area (Å²) in [4.78, 5) is 18.5. The molecule has 2 heterocycles. The largest absolute Gasteiger partial charge is 0.377 e. The third-order valence-corrected chi connectivity index (χ3v) is 2.45. The molecule has 0 saturated heterocycles. The average molecular weight is 248 g/mol. The molecule has 18 heavy (non-hydrogen) atoms. The minimum absolute atomic E-state index is 0.185. The topological polar surface area (TPSA) is 72.8 Å². The van der Waals surface area contributed by atoms with Gasteiger partial charge in [0.15, 0.2) is 0 Å². The molecule has 6 nitrogen and oxygen atoms in total. The van der Waals surface area contributed by atoms with Crippen LogP contribution >= 0.6 is 0 Å².